The number of aryl methyl sites for hydroxylation is 3. The minimum Gasteiger partial charge on any atom is -0.394 e. The summed E-state index contributed by atoms with van der Waals surface area (Å²) in [5, 5.41) is 27.9. The molecule has 1 aromatic carbocycles. The van der Waals surface area contributed by atoms with E-state index in [0.29, 0.717) is 18.1 Å². The van der Waals surface area contributed by atoms with Crippen molar-refractivity contribution in [2.45, 2.75) is 59.5 Å². The molecule has 0 saturated heterocycles. The topological polar surface area (TPSA) is 97.2 Å². The molecule has 0 amide bonds. The number of hydrogen-bond acceptors (Lipinski definition) is 6. The Morgan fingerprint density at radius 2 is 1.93 bits per heavy atom. The van der Waals surface area contributed by atoms with E-state index in [1.807, 2.05) is 37.7 Å². The van der Waals surface area contributed by atoms with Crippen molar-refractivity contribution < 1.29 is 14.7 Å². The summed E-state index contributed by atoms with van der Waals surface area (Å²) < 4.78 is 7.57. The number of rotatable bonds is 5. The first-order valence-electron chi connectivity index (χ1n) is 10.5. The van der Waals surface area contributed by atoms with Crippen LogP contribution in [0.3, 0.4) is 0 Å². The fraction of sp³-hybridized carbons (Fsp3) is 0.522. The van der Waals surface area contributed by atoms with Gasteiger partial charge in [0.2, 0.25) is 5.82 Å². The summed E-state index contributed by atoms with van der Waals surface area (Å²) in [6.45, 7) is 8.32. The summed E-state index contributed by atoms with van der Waals surface area (Å²) in [5.74, 6) is 0.984. The molecule has 0 saturated carbocycles. The second-order valence-corrected chi connectivity index (χ2v) is 9.29. The third-order valence-corrected chi connectivity index (χ3v) is 6.21. The molecule has 0 radical (unpaired) electrons. The van der Waals surface area contributed by atoms with Crippen LogP contribution in [0.15, 0.2) is 16.7 Å². The van der Waals surface area contributed by atoms with Crippen LogP contribution in [0.4, 0.5) is 0 Å². The van der Waals surface area contributed by atoms with E-state index in [2.05, 4.69) is 24.0 Å². The van der Waals surface area contributed by atoms with Crippen molar-refractivity contribution in [1.29, 1.82) is 0 Å². The molecule has 1 unspecified atom stereocenters. The largest absolute Gasteiger partial charge is 0.394 e. The molecule has 0 bridgehead atoms. The van der Waals surface area contributed by atoms with Crippen molar-refractivity contribution in [2.24, 2.45) is 12.5 Å². The van der Waals surface area contributed by atoms with Gasteiger partial charge in [0.1, 0.15) is 0 Å². The zero-order valence-electron chi connectivity index (χ0n) is 18.4. The van der Waals surface area contributed by atoms with Crippen LogP contribution >= 0.6 is 0 Å². The third-order valence-electron chi connectivity index (χ3n) is 6.21. The number of aliphatic hydroxyl groups is 2. The van der Waals surface area contributed by atoms with Gasteiger partial charge in [-0.2, -0.15) is 10.1 Å². The maximum Gasteiger partial charge on any atom is 0.279 e. The van der Waals surface area contributed by atoms with Gasteiger partial charge < -0.3 is 14.7 Å². The molecule has 7 heteroatoms. The summed E-state index contributed by atoms with van der Waals surface area (Å²) in [5.41, 5.74) is 7.49. The van der Waals surface area contributed by atoms with E-state index in [9.17, 15) is 5.11 Å². The molecule has 3 aromatic rings. The lowest BCUT2D eigenvalue weighted by Crippen LogP contribution is -2.23. The van der Waals surface area contributed by atoms with E-state index in [1.54, 1.807) is 0 Å². The number of benzene rings is 1. The highest BCUT2D eigenvalue weighted by molar-refractivity contribution is 5.63. The number of hydrogen-bond donors (Lipinski definition) is 2. The predicted octanol–water partition coefficient (Wildman–Crippen LogP) is 3.16. The second kappa shape index (κ2) is 7.63. The molecule has 2 N–H and O–H groups in total. The first kappa shape index (κ1) is 20.8. The smallest absolute Gasteiger partial charge is 0.279 e. The molecule has 160 valence electrons. The van der Waals surface area contributed by atoms with Crippen molar-refractivity contribution in [3.63, 3.8) is 0 Å². The van der Waals surface area contributed by atoms with E-state index in [-0.39, 0.29) is 12.0 Å². The lowest BCUT2D eigenvalue weighted by atomic mass is 9.76. The van der Waals surface area contributed by atoms with Gasteiger partial charge in [0, 0.05) is 30.3 Å². The fourth-order valence-corrected chi connectivity index (χ4v) is 4.44. The Morgan fingerprint density at radius 1 is 1.23 bits per heavy atom. The standard InChI is InChI=1S/C23H30N4O3/c1-13-8-15(9-14(2)18(13)10-16(29)12-28)21-24-22(30-26-21)20-17-6-7-23(3,4)11-19(17)27(5)25-20/h8-9,16,28-29H,6-7,10-12H2,1-5H3. The van der Waals surface area contributed by atoms with Gasteiger partial charge in [-0.3, -0.25) is 4.68 Å². The zero-order chi connectivity index (χ0) is 21.6. The van der Waals surface area contributed by atoms with Crippen LogP contribution in [0.5, 0.6) is 0 Å². The first-order chi connectivity index (χ1) is 14.2. The Hall–Kier alpha value is -2.51. The lowest BCUT2D eigenvalue weighted by molar-refractivity contribution is 0.0953. The van der Waals surface area contributed by atoms with Crippen molar-refractivity contribution in [3.05, 3.63) is 40.1 Å². The van der Waals surface area contributed by atoms with Crippen molar-refractivity contribution in [1.82, 2.24) is 19.9 Å². The maximum absolute atomic E-state index is 9.81. The highest BCUT2D eigenvalue weighted by Crippen LogP contribution is 2.38. The molecule has 1 aliphatic rings. The second-order valence-electron chi connectivity index (χ2n) is 9.29. The monoisotopic (exact) mass is 410 g/mol. The molecule has 4 rings (SSSR count). The van der Waals surface area contributed by atoms with Gasteiger partial charge in [-0.25, -0.2) is 0 Å². The summed E-state index contributed by atoms with van der Waals surface area (Å²) in [4.78, 5) is 4.65. The fourth-order valence-electron chi connectivity index (χ4n) is 4.44. The van der Waals surface area contributed by atoms with Gasteiger partial charge in [-0.05, 0) is 67.3 Å². The normalized spacial score (nSPS) is 16.5. The third kappa shape index (κ3) is 3.79. The van der Waals surface area contributed by atoms with Crippen molar-refractivity contribution in [3.8, 4) is 23.0 Å². The van der Waals surface area contributed by atoms with Crippen molar-refractivity contribution >= 4 is 0 Å². The molecular weight excluding hydrogens is 380 g/mol. The number of aromatic nitrogens is 4. The Morgan fingerprint density at radius 3 is 2.60 bits per heavy atom. The Bertz CT molecular complexity index is 1060. The summed E-state index contributed by atoms with van der Waals surface area (Å²) in [6, 6.07) is 3.99. The SMILES string of the molecule is Cc1cc(-c2noc(-c3nn(C)c4c3CCC(C)(C)C4)n2)cc(C)c1CC(O)CO. The van der Waals surface area contributed by atoms with Gasteiger partial charge in [-0.1, -0.05) is 19.0 Å². The van der Waals surface area contributed by atoms with E-state index in [1.165, 1.54) is 11.3 Å². The molecule has 30 heavy (non-hydrogen) atoms. The molecule has 7 nitrogen and oxygen atoms in total. The van der Waals surface area contributed by atoms with Crippen LogP contribution in [0.25, 0.3) is 23.0 Å². The first-order valence-corrected chi connectivity index (χ1v) is 10.5. The minimum absolute atomic E-state index is 0.250. The molecule has 0 aliphatic heterocycles. The molecule has 1 atom stereocenters. The Labute approximate surface area is 176 Å². The highest BCUT2D eigenvalue weighted by atomic mass is 16.5. The number of nitrogens with zero attached hydrogens (tertiary/aromatic N) is 4. The maximum atomic E-state index is 9.81. The Balaban J connectivity index is 1.66. The average Bonchev–Trinajstić information content (AvgIpc) is 3.29. The van der Waals surface area contributed by atoms with Crippen LogP contribution in [0.2, 0.25) is 0 Å². The van der Waals surface area contributed by atoms with Gasteiger partial charge >= 0.3 is 0 Å². The molecule has 0 fully saturated rings. The molecular formula is C23H30N4O3. The minimum atomic E-state index is -0.759. The summed E-state index contributed by atoms with van der Waals surface area (Å²) in [6.07, 6.45) is 2.72. The Kier molecular flexibility index (Phi) is 5.28. The number of aliphatic hydroxyl groups excluding tert-OH is 2. The van der Waals surface area contributed by atoms with E-state index < -0.39 is 6.10 Å². The molecule has 2 heterocycles. The van der Waals surface area contributed by atoms with Gasteiger partial charge in [0.25, 0.3) is 5.89 Å². The van der Waals surface area contributed by atoms with Crippen molar-refractivity contribution in [2.75, 3.05) is 6.61 Å². The quantitative estimate of drug-likeness (QED) is 0.671. The number of fused-ring (bicyclic) bond motifs is 1. The van der Waals surface area contributed by atoms with Gasteiger partial charge in [0.05, 0.1) is 12.7 Å². The zero-order valence-corrected chi connectivity index (χ0v) is 18.4. The molecule has 0 spiro atoms. The van der Waals surface area contributed by atoms with E-state index in [4.69, 9.17) is 14.7 Å². The molecule has 1 aliphatic carbocycles. The van der Waals surface area contributed by atoms with E-state index in [0.717, 1.165) is 47.2 Å². The van der Waals surface area contributed by atoms with Crippen LogP contribution in [-0.4, -0.2) is 42.8 Å². The molecule has 2 aromatic heterocycles. The average molecular weight is 411 g/mol. The lowest BCUT2D eigenvalue weighted by Gasteiger charge is -2.29. The van der Waals surface area contributed by atoms with Gasteiger partial charge in [0.15, 0.2) is 5.69 Å². The van der Waals surface area contributed by atoms with Crippen LogP contribution < -0.4 is 0 Å². The predicted molar refractivity (Wildman–Crippen MR) is 114 cm³/mol. The van der Waals surface area contributed by atoms with Gasteiger partial charge in [-0.15, -0.1) is 0 Å². The summed E-state index contributed by atoms with van der Waals surface area (Å²) in [7, 11) is 1.98. The van der Waals surface area contributed by atoms with Crippen LogP contribution in [0.1, 0.15) is 48.2 Å². The summed E-state index contributed by atoms with van der Waals surface area (Å²) >= 11 is 0. The van der Waals surface area contributed by atoms with Crippen LogP contribution in [-0.2, 0) is 26.3 Å². The highest BCUT2D eigenvalue weighted by Gasteiger charge is 2.32. The van der Waals surface area contributed by atoms with E-state index >= 15 is 0 Å². The van der Waals surface area contributed by atoms with Crippen LogP contribution in [0, 0.1) is 19.3 Å².